The SMILES string of the molecule is CN1C2CCC1CC(C(N)c1ccc(Cl)cc1F)C2. The third-order valence-corrected chi connectivity index (χ3v) is 5.20. The topological polar surface area (TPSA) is 29.3 Å². The quantitative estimate of drug-likeness (QED) is 0.901. The number of fused-ring (bicyclic) bond motifs is 2. The van der Waals surface area contributed by atoms with E-state index in [1.807, 2.05) is 0 Å². The molecule has 2 saturated heterocycles. The van der Waals surface area contributed by atoms with E-state index in [0.717, 1.165) is 12.8 Å². The van der Waals surface area contributed by atoms with Gasteiger partial charge in [-0.25, -0.2) is 4.39 Å². The van der Waals surface area contributed by atoms with Gasteiger partial charge in [-0.15, -0.1) is 0 Å². The highest BCUT2D eigenvalue weighted by Gasteiger charge is 2.40. The molecule has 2 aliphatic rings. The number of nitrogens with two attached hydrogens (primary N) is 1. The van der Waals surface area contributed by atoms with Gasteiger partial charge in [0.25, 0.3) is 0 Å². The number of piperidine rings is 1. The van der Waals surface area contributed by atoms with Crippen molar-refractivity contribution in [2.45, 2.75) is 43.8 Å². The first-order valence-electron chi connectivity index (χ1n) is 6.98. The average Bonchev–Trinajstić information content (AvgIpc) is 2.61. The predicted octanol–water partition coefficient (Wildman–Crippen LogP) is 3.35. The van der Waals surface area contributed by atoms with Crippen LogP contribution < -0.4 is 5.73 Å². The van der Waals surface area contributed by atoms with Gasteiger partial charge in [0, 0.05) is 28.7 Å². The molecule has 1 aromatic rings. The fourth-order valence-electron chi connectivity index (χ4n) is 3.77. The number of rotatable bonds is 2. The minimum atomic E-state index is -0.272. The minimum absolute atomic E-state index is 0.214. The van der Waals surface area contributed by atoms with E-state index in [4.69, 9.17) is 17.3 Å². The Kier molecular flexibility index (Phi) is 3.54. The van der Waals surface area contributed by atoms with Gasteiger partial charge in [-0.3, -0.25) is 0 Å². The Morgan fingerprint density at radius 1 is 1.32 bits per heavy atom. The van der Waals surface area contributed by atoms with E-state index in [-0.39, 0.29) is 11.9 Å². The van der Waals surface area contributed by atoms with Gasteiger partial charge >= 0.3 is 0 Å². The largest absolute Gasteiger partial charge is 0.324 e. The number of benzene rings is 1. The smallest absolute Gasteiger partial charge is 0.129 e. The van der Waals surface area contributed by atoms with Crippen LogP contribution in [0.1, 0.15) is 37.3 Å². The molecule has 2 aliphatic heterocycles. The summed E-state index contributed by atoms with van der Waals surface area (Å²) in [6.45, 7) is 0. The zero-order valence-electron chi connectivity index (χ0n) is 11.2. The minimum Gasteiger partial charge on any atom is -0.324 e. The normalized spacial score (nSPS) is 32.5. The molecule has 2 bridgehead atoms. The van der Waals surface area contributed by atoms with Crippen LogP contribution in [0.2, 0.25) is 5.02 Å². The van der Waals surface area contributed by atoms with Crippen LogP contribution in [0.15, 0.2) is 18.2 Å². The molecule has 2 N–H and O–H groups in total. The Morgan fingerprint density at radius 3 is 2.53 bits per heavy atom. The van der Waals surface area contributed by atoms with Crippen LogP contribution >= 0.6 is 11.6 Å². The Labute approximate surface area is 118 Å². The summed E-state index contributed by atoms with van der Waals surface area (Å²) in [5.41, 5.74) is 6.93. The summed E-state index contributed by atoms with van der Waals surface area (Å²) in [4.78, 5) is 2.47. The van der Waals surface area contributed by atoms with Gasteiger partial charge < -0.3 is 10.6 Å². The molecular formula is C15H20ClFN2. The Balaban J connectivity index is 1.79. The van der Waals surface area contributed by atoms with E-state index in [1.165, 1.54) is 18.9 Å². The van der Waals surface area contributed by atoms with Crippen molar-refractivity contribution < 1.29 is 4.39 Å². The Morgan fingerprint density at radius 2 is 1.95 bits per heavy atom. The lowest BCUT2D eigenvalue weighted by Gasteiger charge is -2.39. The summed E-state index contributed by atoms with van der Waals surface area (Å²) in [7, 11) is 2.20. The summed E-state index contributed by atoms with van der Waals surface area (Å²) in [6, 6.07) is 5.87. The molecule has 1 aromatic carbocycles. The number of hydrogen-bond acceptors (Lipinski definition) is 2. The molecule has 2 heterocycles. The monoisotopic (exact) mass is 282 g/mol. The second-order valence-corrected chi connectivity index (χ2v) is 6.41. The number of halogens is 2. The molecule has 0 amide bonds. The highest BCUT2D eigenvalue weighted by atomic mass is 35.5. The molecule has 2 fully saturated rings. The third kappa shape index (κ3) is 2.39. The summed E-state index contributed by atoms with van der Waals surface area (Å²) in [5.74, 6) is 0.107. The van der Waals surface area contributed by atoms with E-state index in [1.54, 1.807) is 12.1 Å². The fraction of sp³-hybridized carbons (Fsp3) is 0.600. The van der Waals surface area contributed by atoms with Crippen molar-refractivity contribution in [2.75, 3.05) is 7.05 Å². The maximum absolute atomic E-state index is 14.0. The van der Waals surface area contributed by atoms with Crippen LogP contribution in [0.25, 0.3) is 0 Å². The van der Waals surface area contributed by atoms with Crippen molar-refractivity contribution in [3.8, 4) is 0 Å². The lowest BCUT2D eigenvalue weighted by molar-refractivity contribution is 0.120. The molecule has 3 unspecified atom stereocenters. The van der Waals surface area contributed by atoms with Gasteiger partial charge in [0.2, 0.25) is 0 Å². The summed E-state index contributed by atoms with van der Waals surface area (Å²) in [5, 5.41) is 0.428. The maximum Gasteiger partial charge on any atom is 0.129 e. The van der Waals surface area contributed by atoms with E-state index < -0.39 is 0 Å². The molecule has 19 heavy (non-hydrogen) atoms. The Bertz CT molecular complexity index is 465. The molecule has 0 aromatic heterocycles. The number of nitrogens with zero attached hydrogens (tertiary/aromatic N) is 1. The van der Waals surface area contributed by atoms with Crippen LogP contribution in [0, 0.1) is 11.7 Å². The van der Waals surface area contributed by atoms with E-state index >= 15 is 0 Å². The zero-order valence-corrected chi connectivity index (χ0v) is 11.9. The second kappa shape index (κ2) is 5.04. The van der Waals surface area contributed by atoms with Crippen molar-refractivity contribution in [3.05, 3.63) is 34.6 Å². The maximum atomic E-state index is 14.0. The van der Waals surface area contributed by atoms with Gasteiger partial charge in [-0.1, -0.05) is 17.7 Å². The number of hydrogen-bond donors (Lipinski definition) is 1. The lowest BCUT2D eigenvalue weighted by Crippen LogP contribution is -2.42. The molecule has 3 rings (SSSR count). The van der Waals surface area contributed by atoms with Crippen molar-refractivity contribution in [2.24, 2.45) is 11.7 Å². The van der Waals surface area contributed by atoms with Gasteiger partial charge in [0.15, 0.2) is 0 Å². The van der Waals surface area contributed by atoms with E-state index in [0.29, 0.717) is 28.6 Å². The lowest BCUT2D eigenvalue weighted by atomic mass is 9.82. The molecule has 4 heteroatoms. The third-order valence-electron chi connectivity index (χ3n) is 4.96. The van der Waals surface area contributed by atoms with Gasteiger partial charge in [0.1, 0.15) is 5.82 Å². The van der Waals surface area contributed by atoms with Crippen molar-refractivity contribution in [3.63, 3.8) is 0 Å². The molecule has 3 atom stereocenters. The summed E-state index contributed by atoms with van der Waals surface area (Å²) in [6.07, 6.45) is 4.67. The van der Waals surface area contributed by atoms with Crippen LogP contribution in [0.5, 0.6) is 0 Å². The van der Waals surface area contributed by atoms with Crippen LogP contribution in [0.4, 0.5) is 4.39 Å². The van der Waals surface area contributed by atoms with Crippen LogP contribution in [-0.4, -0.2) is 24.0 Å². The highest BCUT2D eigenvalue weighted by molar-refractivity contribution is 6.30. The van der Waals surface area contributed by atoms with Gasteiger partial charge in [-0.05, 0) is 50.8 Å². The fourth-order valence-corrected chi connectivity index (χ4v) is 3.93. The zero-order chi connectivity index (χ0) is 13.6. The van der Waals surface area contributed by atoms with Gasteiger partial charge in [0.05, 0.1) is 0 Å². The molecule has 2 nitrogen and oxygen atoms in total. The van der Waals surface area contributed by atoms with E-state index in [2.05, 4.69) is 11.9 Å². The van der Waals surface area contributed by atoms with Crippen LogP contribution in [-0.2, 0) is 0 Å². The summed E-state index contributed by atoms with van der Waals surface area (Å²) < 4.78 is 14.0. The average molecular weight is 283 g/mol. The summed E-state index contributed by atoms with van der Waals surface area (Å²) >= 11 is 5.80. The predicted molar refractivity (Wildman–Crippen MR) is 75.6 cm³/mol. The molecule has 0 radical (unpaired) electrons. The molecular weight excluding hydrogens is 263 g/mol. The standard InChI is InChI=1S/C15H20ClFN2/c1-19-11-3-4-12(19)7-9(6-11)15(18)13-5-2-10(16)8-14(13)17/h2,5,8-9,11-12,15H,3-4,6-7,18H2,1H3. The van der Waals surface area contributed by atoms with Gasteiger partial charge in [-0.2, -0.15) is 0 Å². The van der Waals surface area contributed by atoms with E-state index in [9.17, 15) is 4.39 Å². The first-order valence-corrected chi connectivity index (χ1v) is 7.36. The van der Waals surface area contributed by atoms with Crippen molar-refractivity contribution in [1.29, 1.82) is 0 Å². The second-order valence-electron chi connectivity index (χ2n) is 5.97. The Hall–Kier alpha value is -0.640. The highest BCUT2D eigenvalue weighted by Crippen LogP contribution is 2.42. The van der Waals surface area contributed by atoms with Crippen molar-refractivity contribution in [1.82, 2.24) is 4.90 Å². The van der Waals surface area contributed by atoms with Crippen molar-refractivity contribution >= 4 is 11.6 Å². The molecule has 0 spiro atoms. The molecule has 0 saturated carbocycles. The first kappa shape index (κ1) is 13.3. The first-order chi connectivity index (χ1) is 9.06. The van der Waals surface area contributed by atoms with Crippen LogP contribution in [0.3, 0.4) is 0 Å². The molecule has 104 valence electrons. The molecule has 0 aliphatic carbocycles.